The molecule has 0 aliphatic carbocycles. The van der Waals surface area contributed by atoms with E-state index in [9.17, 15) is 13.2 Å². The molecular weight excluding hydrogens is 452 g/mol. The molecule has 0 saturated carbocycles. The second-order valence-corrected chi connectivity index (χ2v) is 11.2. The van der Waals surface area contributed by atoms with Crippen molar-refractivity contribution < 1.29 is 22.7 Å². The van der Waals surface area contributed by atoms with E-state index in [4.69, 9.17) is 9.47 Å². The van der Waals surface area contributed by atoms with E-state index in [1.807, 2.05) is 24.8 Å². The van der Waals surface area contributed by atoms with Gasteiger partial charge in [-0.2, -0.15) is 4.72 Å². The number of benzene rings is 2. The lowest BCUT2D eigenvalue weighted by Crippen LogP contribution is -2.53. The van der Waals surface area contributed by atoms with Crippen molar-refractivity contribution in [3.8, 4) is 11.5 Å². The predicted molar refractivity (Wildman–Crippen MR) is 130 cm³/mol. The molecule has 2 aliphatic rings. The molecule has 34 heavy (non-hydrogen) atoms. The number of fused-ring (bicyclic) bond motifs is 1. The predicted octanol–water partition coefficient (Wildman–Crippen LogP) is 3.63. The number of ether oxygens (including phenoxy) is 2. The van der Waals surface area contributed by atoms with Crippen molar-refractivity contribution >= 4 is 15.9 Å². The molecule has 2 aromatic carbocycles. The lowest BCUT2D eigenvalue weighted by Gasteiger charge is -2.35. The maximum absolute atomic E-state index is 13.3. The van der Waals surface area contributed by atoms with Crippen LogP contribution in [-0.2, 0) is 21.2 Å². The Labute approximate surface area is 202 Å². The van der Waals surface area contributed by atoms with E-state index in [2.05, 4.69) is 29.0 Å². The smallest absolute Gasteiger partial charge is 0.241 e. The van der Waals surface area contributed by atoms with Gasteiger partial charge in [0.15, 0.2) is 11.5 Å². The quantitative estimate of drug-likeness (QED) is 0.646. The van der Waals surface area contributed by atoms with Gasteiger partial charge in [-0.15, -0.1) is 0 Å². The van der Waals surface area contributed by atoms with Gasteiger partial charge in [-0.05, 0) is 48.8 Å². The number of carbonyl (C=O) groups excluding carboxylic acids is 1. The van der Waals surface area contributed by atoms with E-state index >= 15 is 0 Å². The van der Waals surface area contributed by atoms with Gasteiger partial charge in [0.25, 0.3) is 0 Å². The Morgan fingerprint density at radius 3 is 2.38 bits per heavy atom. The van der Waals surface area contributed by atoms with E-state index in [0.717, 1.165) is 25.7 Å². The molecule has 0 radical (unpaired) electrons. The maximum atomic E-state index is 13.3. The van der Waals surface area contributed by atoms with E-state index in [1.54, 1.807) is 6.07 Å². The zero-order valence-corrected chi connectivity index (χ0v) is 20.7. The largest absolute Gasteiger partial charge is 0.490 e. The molecule has 0 bridgehead atoms. The van der Waals surface area contributed by atoms with Gasteiger partial charge in [-0.3, -0.25) is 4.79 Å². The SMILES string of the molecule is CC(C)C(NS(=O)(=O)c1ccc2c(c1)OCCCO2)C(=O)N1CCC(Cc2ccccc2)CC1. The first-order chi connectivity index (χ1) is 16.3. The first kappa shape index (κ1) is 24.5. The van der Waals surface area contributed by atoms with Crippen LogP contribution in [0.3, 0.4) is 0 Å². The highest BCUT2D eigenvalue weighted by molar-refractivity contribution is 7.89. The Balaban J connectivity index is 1.41. The Bertz CT molecular complexity index is 1080. The molecule has 1 N–H and O–H groups in total. The van der Waals surface area contributed by atoms with Crippen LogP contribution >= 0.6 is 0 Å². The van der Waals surface area contributed by atoms with E-state index in [-0.39, 0.29) is 16.7 Å². The summed E-state index contributed by atoms with van der Waals surface area (Å²) < 4.78 is 40.3. The molecule has 1 saturated heterocycles. The van der Waals surface area contributed by atoms with Gasteiger partial charge in [-0.1, -0.05) is 44.2 Å². The van der Waals surface area contributed by atoms with Crippen molar-refractivity contribution in [2.24, 2.45) is 11.8 Å². The highest BCUT2D eigenvalue weighted by atomic mass is 32.2. The molecule has 4 rings (SSSR count). The van der Waals surface area contributed by atoms with Gasteiger partial charge in [0, 0.05) is 25.6 Å². The van der Waals surface area contributed by atoms with Crippen LogP contribution in [0.5, 0.6) is 11.5 Å². The molecule has 7 nitrogen and oxygen atoms in total. The van der Waals surface area contributed by atoms with Gasteiger partial charge in [0.2, 0.25) is 15.9 Å². The lowest BCUT2D eigenvalue weighted by molar-refractivity contribution is -0.135. The standard InChI is InChI=1S/C26H34N2O5S/c1-19(2)25(26(29)28-13-11-21(12-14-28)17-20-7-4-3-5-8-20)27-34(30,31)22-9-10-23-24(18-22)33-16-6-15-32-23/h3-5,7-10,18-19,21,25,27H,6,11-17H2,1-2H3. The molecule has 2 aliphatic heterocycles. The van der Waals surface area contributed by atoms with Crippen LogP contribution < -0.4 is 14.2 Å². The summed E-state index contributed by atoms with van der Waals surface area (Å²) in [5.74, 6) is 1.12. The van der Waals surface area contributed by atoms with Crippen LogP contribution in [0.15, 0.2) is 53.4 Å². The Kier molecular flexibility index (Phi) is 7.78. The van der Waals surface area contributed by atoms with Crippen molar-refractivity contribution in [2.75, 3.05) is 26.3 Å². The zero-order chi connectivity index (χ0) is 24.1. The third-order valence-electron chi connectivity index (χ3n) is 6.54. The number of likely N-dealkylation sites (tertiary alicyclic amines) is 1. The second-order valence-electron chi connectivity index (χ2n) is 9.46. The first-order valence-electron chi connectivity index (χ1n) is 12.1. The molecule has 1 atom stereocenters. The van der Waals surface area contributed by atoms with E-state index in [1.165, 1.54) is 17.7 Å². The fraction of sp³-hybridized carbons (Fsp3) is 0.500. The summed E-state index contributed by atoms with van der Waals surface area (Å²) >= 11 is 0. The normalized spacial score (nSPS) is 17.9. The monoisotopic (exact) mass is 486 g/mol. The van der Waals surface area contributed by atoms with Gasteiger partial charge < -0.3 is 14.4 Å². The number of nitrogens with zero attached hydrogens (tertiary/aromatic N) is 1. The fourth-order valence-corrected chi connectivity index (χ4v) is 5.87. The minimum Gasteiger partial charge on any atom is -0.490 e. The van der Waals surface area contributed by atoms with Crippen molar-refractivity contribution in [1.29, 1.82) is 0 Å². The second kappa shape index (κ2) is 10.8. The average Bonchev–Trinajstić information content (AvgIpc) is 3.08. The lowest BCUT2D eigenvalue weighted by atomic mass is 9.89. The number of carbonyl (C=O) groups is 1. The number of piperidine rings is 1. The number of nitrogens with one attached hydrogen (secondary N) is 1. The Morgan fingerprint density at radius 1 is 1.03 bits per heavy atom. The molecule has 1 fully saturated rings. The molecule has 1 unspecified atom stereocenters. The van der Waals surface area contributed by atoms with Crippen LogP contribution in [-0.4, -0.2) is 51.6 Å². The number of hydrogen-bond donors (Lipinski definition) is 1. The summed E-state index contributed by atoms with van der Waals surface area (Å²) in [5, 5.41) is 0. The molecule has 0 spiro atoms. The number of sulfonamides is 1. The first-order valence-corrected chi connectivity index (χ1v) is 13.6. The third kappa shape index (κ3) is 5.91. The van der Waals surface area contributed by atoms with Crippen molar-refractivity contribution in [2.45, 2.75) is 50.5 Å². The minimum atomic E-state index is -3.92. The third-order valence-corrected chi connectivity index (χ3v) is 7.98. The molecule has 8 heteroatoms. The van der Waals surface area contributed by atoms with Gasteiger partial charge in [0.05, 0.1) is 18.1 Å². The molecule has 2 aromatic rings. The van der Waals surface area contributed by atoms with Gasteiger partial charge in [-0.25, -0.2) is 8.42 Å². The summed E-state index contributed by atoms with van der Waals surface area (Å²) in [5.41, 5.74) is 1.32. The van der Waals surface area contributed by atoms with Crippen LogP contribution in [0, 0.1) is 11.8 Å². The van der Waals surface area contributed by atoms with Crippen molar-refractivity contribution in [3.63, 3.8) is 0 Å². The zero-order valence-electron chi connectivity index (χ0n) is 19.9. The molecule has 1 amide bonds. The van der Waals surface area contributed by atoms with E-state index in [0.29, 0.717) is 43.7 Å². The summed E-state index contributed by atoms with van der Waals surface area (Å²) in [4.78, 5) is 15.2. The highest BCUT2D eigenvalue weighted by Crippen LogP contribution is 2.32. The Hall–Kier alpha value is -2.58. The van der Waals surface area contributed by atoms with Crippen LogP contribution in [0.1, 0.15) is 38.7 Å². The summed E-state index contributed by atoms with van der Waals surface area (Å²) in [6.45, 7) is 6.01. The van der Waals surface area contributed by atoms with Crippen LogP contribution in [0.2, 0.25) is 0 Å². The van der Waals surface area contributed by atoms with Crippen LogP contribution in [0.25, 0.3) is 0 Å². The molecule has 2 heterocycles. The maximum Gasteiger partial charge on any atom is 0.241 e. The summed E-state index contributed by atoms with van der Waals surface area (Å²) in [6.07, 6.45) is 3.58. The molecule has 0 aromatic heterocycles. The van der Waals surface area contributed by atoms with Gasteiger partial charge >= 0.3 is 0 Å². The number of hydrogen-bond acceptors (Lipinski definition) is 5. The summed E-state index contributed by atoms with van der Waals surface area (Å²) in [6, 6.07) is 14.1. The number of rotatable bonds is 7. The minimum absolute atomic E-state index is 0.0665. The highest BCUT2D eigenvalue weighted by Gasteiger charge is 2.34. The molecule has 184 valence electrons. The van der Waals surface area contributed by atoms with Gasteiger partial charge in [0.1, 0.15) is 6.04 Å². The Morgan fingerprint density at radius 2 is 1.71 bits per heavy atom. The number of amides is 1. The fourth-order valence-electron chi connectivity index (χ4n) is 4.52. The average molecular weight is 487 g/mol. The van der Waals surface area contributed by atoms with E-state index < -0.39 is 16.1 Å². The van der Waals surface area contributed by atoms with Crippen molar-refractivity contribution in [3.05, 3.63) is 54.1 Å². The summed E-state index contributed by atoms with van der Waals surface area (Å²) in [7, 11) is -3.92. The molecular formula is C26H34N2O5S. The topological polar surface area (TPSA) is 84.9 Å². The van der Waals surface area contributed by atoms with Crippen LogP contribution in [0.4, 0.5) is 0 Å². The van der Waals surface area contributed by atoms with Crippen molar-refractivity contribution in [1.82, 2.24) is 9.62 Å².